The van der Waals surface area contributed by atoms with E-state index in [4.69, 9.17) is 9.47 Å². The second-order valence-corrected chi connectivity index (χ2v) is 7.71. The summed E-state index contributed by atoms with van der Waals surface area (Å²) < 4.78 is 24.1. The molecule has 7 heteroatoms. The minimum atomic E-state index is -0.302. The Hall–Kier alpha value is -2.93. The molecule has 0 bridgehead atoms. The van der Waals surface area contributed by atoms with Gasteiger partial charge in [-0.05, 0) is 48.7 Å². The average Bonchev–Trinajstić information content (AvgIpc) is 3.19. The summed E-state index contributed by atoms with van der Waals surface area (Å²) in [4.78, 5) is 19.3. The number of rotatable bonds is 6. The van der Waals surface area contributed by atoms with E-state index in [0.29, 0.717) is 12.3 Å². The lowest BCUT2D eigenvalue weighted by molar-refractivity contribution is -0.118. The van der Waals surface area contributed by atoms with Gasteiger partial charge in [-0.15, -0.1) is 11.3 Å². The van der Waals surface area contributed by atoms with Crippen LogP contribution in [0.1, 0.15) is 22.7 Å². The van der Waals surface area contributed by atoms with Gasteiger partial charge in [0.25, 0.3) is 0 Å². The molecule has 1 aromatic heterocycles. The molecule has 0 unspecified atom stereocenters. The van der Waals surface area contributed by atoms with Gasteiger partial charge in [0, 0.05) is 11.9 Å². The summed E-state index contributed by atoms with van der Waals surface area (Å²) in [6.45, 7) is 0.960. The lowest BCUT2D eigenvalue weighted by Crippen LogP contribution is -2.36. The highest BCUT2D eigenvalue weighted by molar-refractivity contribution is 7.09. The number of aryl methyl sites for hydroxylation is 1. The Bertz CT molecular complexity index is 989. The maximum Gasteiger partial charge on any atom is 0.233 e. The summed E-state index contributed by atoms with van der Waals surface area (Å²) in [5.74, 6) is 1.01. The number of hydrogen-bond acceptors (Lipinski definition) is 5. The molecule has 1 amide bonds. The first-order valence-corrected chi connectivity index (χ1v) is 10.3. The lowest BCUT2D eigenvalue weighted by Gasteiger charge is -2.30. The van der Waals surface area contributed by atoms with Crippen LogP contribution in [0.25, 0.3) is 0 Å². The fraction of sp³-hybridized carbons (Fsp3) is 0.273. The molecule has 0 N–H and O–H groups in total. The quantitative estimate of drug-likeness (QED) is 0.603. The number of aromatic nitrogens is 1. The highest BCUT2D eigenvalue weighted by Gasteiger charge is 2.26. The highest BCUT2D eigenvalue weighted by Crippen LogP contribution is 2.36. The van der Waals surface area contributed by atoms with Gasteiger partial charge in [0.15, 0.2) is 0 Å². The molecule has 4 rings (SSSR count). The number of benzene rings is 2. The van der Waals surface area contributed by atoms with Gasteiger partial charge in [-0.3, -0.25) is 4.79 Å². The van der Waals surface area contributed by atoms with E-state index >= 15 is 0 Å². The molecule has 0 atom stereocenters. The first-order valence-electron chi connectivity index (χ1n) is 9.42. The van der Waals surface area contributed by atoms with Crippen molar-refractivity contribution in [3.05, 3.63) is 69.9 Å². The number of methoxy groups -OCH3 is 1. The van der Waals surface area contributed by atoms with E-state index in [9.17, 15) is 9.18 Å². The zero-order chi connectivity index (χ0) is 20.2. The maximum atomic E-state index is 13.0. The number of hydrogen-bond donors (Lipinski definition) is 0. The summed E-state index contributed by atoms with van der Waals surface area (Å²) in [5, 5.41) is 2.66. The van der Waals surface area contributed by atoms with Crippen molar-refractivity contribution in [3.63, 3.8) is 0 Å². The third-order valence-electron chi connectivity index (χ3n) is 4.81. The first kappa shape index (κ1) is 19.4. The van der Waals surface area contributed by atoms with Crippen molar-refractivity contribution in [2.24, 2.45) is 0 Å². The van der Waals surface area contributed by atoms with Gasteiger partial charge in [-0.2, -0.15) is 0 Å². The standard InChI is InChI=1S/C22H21FN2O3S/c1-27-19-6-2-4-15-5-3-11-25(22(15)19)21(26)12-17-14-29-20(24-17)13-28-18-9-7-16(23)8-10-18/h2,4,6-10,14H,3,5,11-13H2,1H3. The number of amides is 1. The molecule has 0 radical (unpaired) electrons. The Morgan fingerprint density at radius 2 is 2.07 bits per heavy atom. The Balaban J connectivity index is 1.42. The van der Waals surface area contributed by atoms with Crippen LogP contribution in [0.3, 0.4) is 0 Å². The number of anilines is 1. The van der Waals surface area contributed by atoms with Crippen LogP contribution >= 0.6 is 11.3 Å². The largest absolute Gasteiger partial charge is 0.495 e. The Kier molecular flexibility index (Phi) is 5.76. The molecule has 0 saturated carbocycles. The van der Waals surface area contributed by atoms with Crippen molar-refractivity contribution in [1.82, 2.24) is 4.98 Å². The van der Waals surface area contributed by atoms with Gasteiger partial charge in [0.2, 0.25) is 5.91 Å². The van der Waals surface area contributed by atoms with Gasteiger partial charge >= 0.3 is 0 Å². The smallest absolute Gasteiger partial charge is 0.233 e. The van der Waals surface area contributed by atoms with Crippen LogP contribution in [-0.4, -0.2) is 24.5 Å². The normalized spacial score (nSPS) is 13.1. The highest BCUT2D eigenvalue weighted by atomic mass is 32.1. The first-order chi connectivity index (χ1) is 14.1. The number of fused-ring (bicyclic) bond motifs is 1. The summed E-state index contributed by atoms with van der Waals surface area (Å²) in [6, 6.07) is 11.8. The monoisotopic (exact) mass is 412 g/mol. The number of thiazole rings is 1. The number of carbonyl (C=O) groups is 1. The fourth-order valence-electron chi connectivity index (χ4n) is 3.45. The van der Waals surface area contributed by atoms with E-state index in [2.05, 4.69) is 4.98 Å². The molecule has 1 aliphatic heterocycles. The fourth-order valence-corrected chi connectivity index (χ4v) is 4.16. The van der Waals surface area contributed by atoms with Crippen LogP contribution in [0.4, 0.5) is 10.1 Å². The minimum Gasteiger partial charge on any atom is -0.495 e. The zero-order valence-corrected chi connectivity index (χ0v) is 16.9. The van der Waals surface area contributed by atoms with E-state index in [0.717, 1.165) is 40.5 Å². The maximum absolute atomic E-state index is 13.0. The summed E-state index contributed by atoms with van der Waals surface area (Å²) in [5.41, 5.74) is 2.73. The van der Waals surface area contributed by atoms with Crippen LogP contribution in [0, 0.1) is 5.82 Å². The molecule has 5 nitrogen and oxygen atoms in total. The van der Waals surface area contributed by atoms with E-state index in [1.54, 1.807) is 19.2 Å². The van der Waals surface area contributed by atoms with Crippen LogP contribution < -0.4 is 14.4 Å². The molecule has 0 saturated heterocycles. The zero-order valence-electron chi connectivity index (χ0n) is 16.1. The summed E-state index contributed by atoms with van der Waals surface area (Å²) in [7, 11) is 1.63. The molecular formula is C22H21FN2O3S. The van der Waals surface area contributed by atoms with Crippen LogP contribution in [0.5, 0.6) is 11.5 Å². The number of carbonyl (C=O) groups excluding carboxylic acids is 1. The molecule has 1 aliphatic rings. The molecule has 29 heavy (non-hydrogen) atoms. The van der Waals surface area contributed by atoms with E-state index < -0.39 is 0 Å². The third-order valence-corrected chi connectivity index (χ3v) is 5.68. The number of ether oxygens (including phenoxy) is 2. The molecule has 150 valence electrons. The predicted molar refractivity (Wildman–Crippen MR) is 110 cm³/mol. The van der Waals surface area contributed by atoms with Crippen molar-refractivity contribution in [2.45, 2.75) is 25.9 Å². The SMILES string of the molecule is COc1cccc2c1N(C(=O)Cc1csc(COc3ccc(F)cc3)n1)CCC2. The van der Waals surface area contributed by atoms with Crippen LogP contribution in [0.15, 0.2) is 47.8 Å². The predicted octanol–water partition coefficient (Wildman–Crippen LogP) is 4.39. The average molecular weight is 412 g/mol. The van der Waals surface area contributed by atoms with Crippen molar-refractivity contribution < 1.29 is 18.7 Å². The molecule has 0 spiro atoms. The van der Waals surface area contributed by atoms with Gasteiger partial charge in [-0.1, -0.05) is 12.1 Å². The summed E-state index contributed by atoms with van der Waals surface area (Å²) in [6.07, 6.45) is 2.10. The minimum absolute atomic E-state index is 0.00625. The lowest BCUT2D eigenvalue weighted by atomic mass is 10.0. The van der Waals surface area contributed by atoms with Gasteiger partial charge in [0.1, 0.15) is 28.9 Å². The van der Waals surface area contributed by atoms with Gasteiger partial charge in [0.05, 0.1) is 24.9 Å². The Labute approximate surface area is 172 Å². The van der Waals surface area contributed by atoms with E-state index in [1.807, 2.05) is 28.5 Å². The Morgan fingerprint density at radius 3 is 2.86 bits per heavy atom. The van der Waals surface area contributed by atoms with Gasteiger partial charge < -0.3 is 14.4 Å². The second-order valence-electron chi connectivity index (χ2n) is 6.77. The van der Waals surface area contributed by atoms with Crippen molar-refractivity contribution >= 4 is 22.9 Å². The van der Waals surface area contributed by atoms with Crippen molar-refractivity contribution in [2.75, 3.05) is 18.6 Å². The summed E-state index contributed by atoms with van der Waals surface area (Å²) >= 11 is 1.45. The third kappa shape index (κ3) is 4.40. The molecule has 2 aromatic carbocycles. The van der Waals surface area contributed by atoms with E-state index in [-0.39, 0.29) is 24.8 Å². The number of para-hydroxylation sites is 1. The molecule has 0 aliphatic carbocycles. The molecule has 0 fully saturated rings. The Morgan fingerprint density at radius 1 is 1.24 bits per heavy atom. The molecular weight excluding hydrogens is 391 g/mol. The molecule has 2 heterocycles. The van der Waals surface area contributed by atoms with Crippen LogP contribution in [-0.2, 0) is 24.2 Å². The van der Waals surface area contributed by atoms with E-state index in [1.165, 1.54) is 23.5 Å². The van der Waals surface area contributed by atoms with Crippen LogP contribution in [0.2, 0.25) is 0 Å². The topological polar surface area (TPSA) is 51.7 Å². The second kappa shape index (κ2) is 8.61. The number of halogens is 1. The number of nitrogens with zero attached hydrogens (tertiary/aromatic N) is 2. The van der Waals surface area contributed by atoms with Crippen molar-refractivity contribution in [3.8, 4) is 11.5 Å². The molecule has 3 aromatic rings. The van der Waals surface area contributed by atoms with Gasteiger partial charge in [-0.25, -0.2) is 9.37 Å². The van der Waals surface area contributed by atoms with Crippen molar-refractivity contribution in [1.29, 1.82) is 0 Å².